The molecule has 174 valence electrons. The van der Waals surface area contributed by atoms with Gasteiger partial charge in [-0.25, -0.2) is 4.98 Å². The lowest BCUT2D eigenvalue weighted by atomic mass is 10.1. The van der Waals surface area contributed by atoms with Gasteiger partial charge in [-0.2, -0.15) is 9.61 Å². The van der Waals surface area contributed by atoms with Crippen LogP contribution in [0.15, 0.2) is 32.6 Å². The Kier molecular flexibility index (Phi) is 6.84. The predicted octanol–water partition coefficient (Wildman–Crippen LogP) is 3.72. The smallest absolute Gasteiger partial charge is 0.277 e. The molecule has 0 N–H and O–H groups in total. The van der Waals surface area contributed by atoms with E-state index in [-0.39, 0.29) is 5.56 Å². The molecule has 0 aliphatic heterocycles. The lowest BCUT2D eigenvalue weighted by Crippen LogP contribution is -2.15. The third-order valence-corrected chi connectivity index (χ3v) is 6.37. The zero-order chi connectivity index (χ0) is 23.5. The number of aromatic nitrogens is 5. The summed E-state index contributed by atoms with van der Waals surface area (Å²) in [6.07, 6.45) is 0.809. The molecule has 0 amide bonds. The Hall–Kier alpha value is -3.12. The van der Waals surface area contributed by atoms with Crippen molar-refractivity contribution in [3.8, 4) is 28.7 Å². The van der Waals surface area contributed by atoms with E-state index in [0.29, 0.717) is 56.3 Å². The molecule has 4 aromatic rings. The number of hydrogen-bond donors (Lipinski definition) is 0. The van der Waals surface area contributed by atoms with Gasteiger partial charge in [0.05, 0.1) is 27.0 Å². The molecule has 12 heteroatoms. The van der Waals surface area contributed by atoms with Crippen LogP contribution in [-0.2, 0) is 12.2 Å². The van der Waals surface area contributed by atoms with Crippen LogP contribution in [0.25, 0.3) is 16.4 Å². The van der Waals surface area contributed by atoms with E-state index in [1.165, 1.54) is 55.0 Å². The molecule has 10 nitrogen and oxygen atoms in total. The normalized spacial score (nSPS) is 11.3. The van der Waals surface area contributed by atoms with Crippen molar-refractivity contribution < 1.29 is 18.6 Å². The summed E-state index contributed by atoms with van der Waals surface area (Å²) in [7, 11) is 4.62. The zero-order valence-corrected chi connectivity index (χ0v) is 20.5. The first-order valence-corrected chi connectivity index (χ1v) is 11.9. The SMILES string of the molecule is COc1cc(-c2nnc(SCc3cc(=O)n4nc(CC(C)C)sc4n3)o2)cc(OC)c1OC. The van der Waals surface area contributed by atoms with Crippen LogP contribution in [-0.4, -0.2) is 46.1 Å². The second-order valence-corrected chi connectivity index (χ2v) is 9.42. The minimum atomic E-state index is -0.203. The van der Waals surface area contributed by atoms with Crippen LogP contribution in [0.5, 0.6) is 17.2 Å². The Morgan fingerprint density at radius 2 is 1.82 bits per heavy atom. The molecule has 0 atom stereocenters. The van der Waals surface area contributed by atoms with Gasteiger partial charge in [-0.1, -0.05) is 36.9 Å². The third-order valence-electron chi connectivity index (χ3n) is 4.58. The molecular weight excluding hydrogens is 466 g/mol. The minimum Gasteiger partial charge on any atom is -0.493 e. The van der Waals surface area contributed by atoms with Gasteiger partial charge in [0.1, 0.15) is 5.01 Å². The largest absolute Gasteiger partial charge is 0.493 e. The van der Waals surface area contributed by atoms with Crippen molar-refractivity contribution in [2.24, 2.45) is 5.92 Å². The van der Waals surface area contributed by atoms with Gasteiger partial charge in [0.2, 0.25) is 16.6 Å². The lowest BCUT2D eigenvalue weighted by Gasteiger charge is -2.12. The number of nitrogens with zero attached hydrogens (tertiary/aromatic N) is 5. The standard InChI is InChI=1S/C21H23N5O5S2/c1-11(2)6-16-25-26-17(27)9-13(22-20(26)33-16)10-32-21-24-23-19(31-21)12-7-14(28-3)18(30-5)15(8-12)29-4/h7-9,11H,6,10H2,1-5H3. The highest BCUT2D eigenvalue weighted by Gasteiger charge is 2.18. The zero-order valence-electron chi connectivity index (χ0n) is 18.8. The summed E-state index contributed by atoms with van der Waals surface area (Å²) in [5, 5.41) is 13.8. The highest BCUT2D eigenvalue weighted by molar-refractivity contribution is 7.98. The third kappa shape index (κ3) is 4.96. The van der Waals surface area contributed by atoms with Crippen molar-refractivity contribution >= 4 is 28.1 Å². The molecule has 0 saturated carbocycles. The molecule has 1 aromatic carbocycles. The lowest BCUT2D eigenvalue weighted by molar-refractivity contribution is 0.324. The van der Waals surface area contributed by atoms with Gasteiger partial charge < -0.3 is 18.6 Å². The summed E-state index contributed by atoms with van der Waals surface area (Å²) < 4.78 is 23.3. The van der Waals surface area contributed by atoms with Gasteiger partial charge in [-0.15, -0.1) is 10.2 Å². The Morgan fingerprint density at radius 1 is 1.09 bits per heavy atom. The molecule has 0 aliphatic carbocycles. The van der Waals surface area contributed by atoms with Gasteiger partial charge in [0.15, 0.2) is 11.5 Å². The van der Waals surface area contributed by atoms with Crippen LogP contribution in [0.2, 0.25) is 0 Å². The fraction of sp³-hybridized carbons (Fsp3) is 0.381. The van der Waals surface area contributed by atoms with E-state index in [4.69, 9.17) is 18.6 Å². The highest BCUT2D eigenvalue weighted by atomic mass is 32.2. The summed E-state index contributed by atoms with van der Waals surface area (Å²) in [6, 6.07) is 4.95. The second-order valence-electron chi connectivity index (χ2n) is 7.45. The summed E-state index contributed by atoms with van der Waals surface area (Å²) in [5.74, 6) is 2.61. The number of fused-ring (bicyclic) bond motifs is 1. The number of thioether (sulfide) groups is 1. The Bertz CT molecular complexity index is 1310. The summed E-state index contributed by atoms with van der Waals surface area (Å²) >= 11 is 2.73. The average Bonchev–Trinajstić information content (AvgIpc) is 3.43. The molecule has 0 saturated heterocycles. The van der Waals surface area contributed by atoms with Crippen LogP contribution in [0.4, 0.5) is 0 Å². The van der Waals surface area contributed by atoms with Crippen molar-refractivity contribution in [3.63, 3.8) is 0 Å². The van der Waals surface area contributed by atoms with E-state index >= 15 is 0 Å². The molecule has 0 fully saturated rings. The van der Waals surface area contributed by atoms with Gasteiger partial charge in [0, 0.05) is 23.8 Å². The van der Waals surface area contributed by atoms with Crippen LogP contribution >= 0.6 is 23.1 Å². The van der Waals surface area contributed by atoms with Crippen molar-refractivity contribution in [2.45, 2.75) is 31.2 Å². The molecule has 0 bridgehead atoms. The number of benzene rings is 1. The fourth-order valence-corrected chi connectivity index (χ4v) is 4.91. The number of rotatable bonds is 9. The first-order chi connectivity index (χ1) is 15.9. The monoisotopic (exact) mass is 489 g/mol. The quantitative estimate of drug-likeness (QED) is 0.322. The molecule has 4 rings (SSSR count). The van der Waals surface area contributed by atoms with E-state index in [0.717, 1.165) is 11.4 Å². The number of hydrogen-bond acceptors (Lipinski definition) is 11. The topological polar surface area (TPSA) is 114 Å². The van der Waals surface area contributed by atoms with Crippen LogP contribution in [0.3, 0.4) is 0 Å². The molecule has 0 radical (unpaired) electrons. The fourth-order valence-electron chi connectivity index (χ4n) is 3.13. The maximum Gasteiger partial charge on any atom is 0.277 e. The second kappa shape index (κ2) is 9.79. The maximum absolute atomic E-state index is 12.4. The van der Waals surface area contributed by atoms with Crippen molar-refractivity contribution in [1.82, 2.24) is 24.8 Å². The Labute approximate surface area is 197 Å². The van der Waals surface area contributed by atoms with Crippen LogP contribution in [0, 0.1) is 5.92 Å². The van der Waals surface area contributed by atoms with E-state index in [1.807, 2.05) is 0 Å². The van der Waals surface area contributed by atoms with Crippen LogP contribution in [0.1, 0.15) is 24.5 Å². The molecule has 0 aliphatic rings. The molecule has 3 aromatic heterocycles. The van der Waals surface area contributed by atoms with Crippen LogP contribution < -0.4 is 19.8 Å². The summed E-state index contributed by atoms with van der Waals surface area (Å²) in [5.41, 5.74) is 1.05. The molecule has 0 spiro atoms. The van der Waals surface area contributed by atoms with E-state index in [2.05, 4.69) is 34.1 Å². The molecule has 33 heavy (non-hydrogen) atoms. The van der Waals surface area contributed by atoms with Crippen molar-refractivity contribution in [3.05, 3.63) is 39.3 Å². The predicted molar refractivity (Wildman–Crippen MR) is 125 cm³/mol. The first kappa shape index (κ1) is 23.1. The van der Waals surface area contributed by atoms with Gasteiger partial charge in [0.25, 0.3) is 10.8 Å². The molecule has 0 unspecified atom stereocenters. The summed E-state index contributed by atoms with van der Waals surface area (Å²) in [6.45, 7) is 4.22. The van der Waals surface area contributed by atoms with E-state index < -0.39 is 0 Å². The minimum absolute atomic E-state index is 0.203. The van der Waals surface area contributed by atoms with Gasteiger partial charge in [-0.05, 0) is 18.1 Å². The Balaban J connectivity index is 1.53. The molecule has 3 heterocycles. The van der Waals surface area contributed by atoms with Gasteiger partial charge in [-0.3, -0.25) is 4.79 Å². The van der Waals surface area contributed by atoms with E-state index in [1.54, 1.807) is 12.1 Å². The highest BCUT2D eigenvalue weighted by Crippen LogP contribution is 2.41. The summed E-state index contributed by atoms with van der Waals surface area (Å²) in [4.78, 5) is 17.6. The number of methoxy groups -OCH3 is 3. The maximum atomic E-state index is 12.4. The van der Waals surface area contributed by atoms with Crippen molar-refractivity contribution in [1.29, 1.82) is 0 Å². The van der Waals surface area contributed by atoms with Gasteiger partial charge >= 0.3 is 0 Å². The average molecular weight is 490 g/mol. The van der Waals surface area contributed by atoms with E-state index in [9.17, 15) is 4.79 Å². The number of ether oxygens (including phenoxy) is 3. The molecular formula is C21H23N5O5S2. The Morgan fingerprint density at radius 3 is 2.45 bits per heavy atom. The first-order valence-electron chi connectivity index (χ1n) is 10.1. The van der Waals surface area contributed by atoms with Crippen molar-refractivity contribution in [2.75, 3.05) is 21.3 Å².